The molecule has 2 aromatic carbocycles. The highest BCUT2D eigenvalue weighted by atomic mass is 16.5. The molecule has 0 radical (unpaired) electrons. The molecule has 5 heteroatoms. The molecule has 0 saturated carbocycles. The molecule has 1 aromatic heterocycles. The van der Waals surface area contributed by atoms with E-state index in [0.29, 0.717) is 17.0 Å². The van der Waals surface area contributed by atoms with Gasteiger partial charge in [-0.2, -0.15) is 0 Å². The van der Waals surface area contributed by atoms with E-state index >= 15 is 0 Å². The number of carbonyl (C=O) groups is 1. The zero-order chi connectivity index (χ0) is 19.5. The summed E-state index contributed by atoms with van der Waals surface area (Å²) < 4.78 is 5.79. The summed E-state index contributed by atoms with van der Waals surface area (Å²) in [6.07, 6.45) is 4.41. The number of amides is 1. The molecule has 0 spiro atoms. The minimum absolute atomic E-state index is 0.0262. The fraction of sp³-hybridized carbons (Fsp3) is 0.217. The lowest BCUT2D eigenvalue weighted by Gasteiger charge is -2.20. The Labute approximate surface area is 165 Å². The Bertz CT molecular complexity index is 1000. The van der Waals surface area contributed by atoms with Crippen LogP contribution in [-0.2, 0) is 6.42 Å². The fourth-order valence-electron chi connectivity index (χ4n) is 3.43. The number of hydrogen-bond acceptors (Lipinski definition) is 4. The third-order valence-electron chi connectivity index (χ3n) is 4.68. The van der Waals surface area contributed by atoms with E-state index in [2.05, 4.69) is 33.4 Å². The predicted molar refractivity (Wildman–Crippen MR) is 112 cm³/mol. The van der Waals surface area contributed by atoms with Crippen LogP contribution in [0.25, 0.3) is 0 Å². The number of anilines is 3. The molecule has 3 aromatic rings. The first kappa shape index (κ1) is 18.0. The lowest BCUT2D eigenvalue weighted by Crippen LogP contribution is -2.17. The predicted octanol–water partition coefficient (Wildman–Crippen LogP) is 4.82. The van der Waals surface area contributed by atoms with E-state index in [1.165, 1.54) is 11.3 Å². The van der Waals surface area contributed by atoms with Gasteiger partial charge in [-0.05, 0) is 50.1 Å². The van der Waals surface area contributed by atoms with Crippen molar-refractivity contribution in [2.24, 2.45) is 0 Å². The number of hydrogen-bond donors (Lipinski definition) is 1. The Morgan fingerprint density at radius 1 is 1.11 bits per heavy atom. The summed E-state index contributed by atoms with van der Waals surface area (Å²) in [4.78, 5) is 19.3. The third-order valence-corrected chi connectivity index (χ3v) is 4.68. The van der Waals surface area contributed by atoms with Crippen molar-refractivity contribution in [2.45, 2.75) is 26.4 Å². The van der Waals surface area contributed by atoms with E-state index in [4.69, 9.17) is 4.74 Å². The van der Waals surface area contributed by atoms with Gasteiger partial charge in [-0.3, -0.25) is 9.78 Å². The molecule has 142 valence electrons. The summed E-state index contributed by atoms with van der Waals surface area (Å²) >= 11 is 0. The SMILES string of the molecule is CC(C)Oc1ccccc1NC(=O)c1cncc(N2CCc3ccccc32)c1. The molecule has 1 amide bonds. The van der Waals surface area contributed by atoms with Gasteiger partial charge in [0.25, 0.3) is 5.91 Å². The summed E-state index contributed by atoms with van der Waals surface area (Å²) in [7, 11) is 0. The molecule has 1 aliphatic heterocycles. The first-order valence-corrected chi connectivity index (χ1v) is 9.49. The molecular weight excluding hydrogens is 350 g/mol. The molecule has 4 rings (SSSR count). The van der Waals surface area contributed by atoms with Crippen molar-refractivity contribution >= 4 is 23.0 Å². The summed E-state index contributed by atoms with van der Waals surface area (Å²) in [6.45, 7) is 4.80. The lowest BCUT2D eigenvalue weighted by molar-refractivity contribution is 0.102. The Morgan fingerprint density at radius 2 is 1.89 bits per heavy atom. The quantitative estimate of drug-likeness (QED) is 0.697. The van der Waals surface area contributed by atoms with Crippen LogP contribution in [-0.4, -0.2) is 23.5 Å². The zero-order valence-corrected chi connectivity index (χ0v) is 16.1. The number of rotatable bonds is 5. The van der Waals surface area contributed by atoms with Crippen molar-refractivity contribution in [3.8, 4) is 5.75 Å². The number of fused-ring (bicyclic) bond motifs is 1. The highest BCUT2D eigenvalue weighted by molar-refractivity contribution is 6.05. The van der Waals surface area contributed by atoms with E-state index in [1.54, 1.807) is 12.4 Å². The summed E-state index contributed by atoms with van der Waals surface area (Å²) in [5.41, 5.74) is 4.58. The third kappa shape index (κ3) is 3.69. The Hall–Kier alpha value is -3.34. The number of ether oxygens (including phenoxy) is 1. The lowest BCUT2D eigenvalue weighted by atomic mass is 10.2. The number of para-hydroxylation sites is 3. The van der Waals surface area contributed by atoms with E-state index in [9.17, 15) is 4.79 Å². The molecule has 1 N–H and O–H groups in total. The smallest absolute Gasteiger partial charge is 0.257 e. The highest BCUT2D eigenvalue weighted by Crippen LogP contribution is 2.34. The van der Waals surface area contributed by atoms with Crippen molar-refractivity contribution in [1.82, 2.24) is 4.98 Å². The molecule has 28 heavy (non-hydrogen) atoms. The summed E-state index contributed by atoms with van der Waals surface area (Å²) in [6, 6.07) is 17.7. The molecule has 0 saturated heterocycles. The van der Waals surface area contributed by atoms with Gasteiger partial charge in [-0.1, -0.05) is 30.3 Å². The molecule has 2 heterocycles. The first-order valence-electron chi connectivity index (χ1n) is 9.49. The molecule has 0 unspecified atom stereocenters. The second-order valence-electron chi connectivity index (χ2n) is 7.08. The van der Waals surface area contributed by atoms with Crippen molar-refractivity contribution < 1.29 is 9.53 Å². The van der Waals surface area contributed by atoms with E-state index in [0.717, 1.165) is 18.7 Å². The standard InChI is InChI=1S/C23H23N3O2/c1-16(2)28-22-10-6-4-8-20(22)25-23(27)18-13-19(15-24-14-18)26-12-11-17-7-3-5-9-21(17)26/h3-10,13-16H,11-12H2,1-2H3,(H,25,27). The van der Waals surface area contributed by atoms with Crippen molar-refractivity contribution in [3.05, 3.63) is 78.1 Å². The van der Waals surface area contributed by atoms with Gasteiger partial charge in [0.05, 0.1) is 29.2 Å². The minimum Gasteiger partial charge on any atom is -0.489 e. The maximum atomic E-state index is 12.8. The molecule has 0 bridgehead atoms. The Balaban J connectivity index is 1.57. The van der Waals surface area contributed by atoms with Gasteiger partial charge in [-0.25, -0.2) is 0 Å². The van der Waals surface area contributed by atoms with Gasteiger partial charge in [0.1, 0.15) is 5.75 Å². The van der Waals surface area contributed by atoms with Crippen LogP contribution in [0.2, 0.25) is 0 Å². The van der Waals surface area contributed by atoms with Crippen molar-refractivity contribution in [2.75, 3.05) is 16.8 Å². The Morgan fingerprint density at radius 3 is 2.75 bits per heavy atom. The summed E-state index contributed by atoms with van der Waals surface area (Å²) in [5, 5.41) is 2.95. The van der Waals surface area contributed by atoms with E-state index in [1.807, 2.05) is 50.2 Å². The normalized spacial score (nSPS) is 12.8. The first-order chi connectivity index (χ1) is 13.6. The monoisotopic (exact) mass is 373 g/mol. The van der Waals surface area contributed by atoms with Crippen molar-refractivity contribution in [1.29, 1.82) is 0 Å². The average molecular weight is 373 g/mol. The number of carbonyl (C=O) groups excluding carboxylic acids is 1. The van der Waals surface area contributed by atoms with Gasteiger partial charge in [0, 0.05) is 18.4 Å². The second kappa shape index (κ2) is 7.72. The van der Waals surface area contributed by atoms with Gasteiger partial charge >= 0.3 is 0 Å². The number of nitrogens with one attached hydrogen (secondary N) is 1. The van der Waals surface area contributed by atoms with Gasteiger partial charge in [-0.15, -0.1) is 0 Å². The van der Waals surface area contributed by atoms with Crippen LogP contribution < -0.4 is 15.0 Å². The van der Waals surface area contributed by atoms with Crippen LogP contribution >= 0.6 is 0 Å². The molecule has 5 nitrogen and oxygen atoms in total. The number of pyridine rings is 1. The van der Waals surface area contributed by atoms with Gasteiger partial charge in [0.2, 0.25) is 0 Å². The van der Waals surface area contributed by atoms with E-state index in [-0.39, 0.29) is 12.0 Å². The largest absolute Gasteiger partial charge is 0.489 e. The average Bonchev–Trinajstić information content (AvgIpc) is 3.13. The number of benzene rings is 2. The molecular formula is C23H23N3O2. The maximum Gasteiger partial charge on any atom is 0.257 e. The molecule has 0 fully saturated rings. The van der Waals surface area contributed by atoms with Crippen LogP contribution in [0.4, 0.5) is 17.1 Å². The molecule has 1 aliphatic rings. The molecule has 0 atom stereocenters. The maximum absolute atomic E-state index is 12.8. The number of nitrogens with zero attached hydrogens (tertiary/aromatic N) is 2. The minimum atomic E-state index is -0.207. The van der Waals surface area contributed by atoms with Gasteiger partial charge in [0.15, 0.2) is 0 Å². The van der Waals surface area contributed by atoms with Crippen LogP contribution in [0, 0.1) is 0 Å². The van der Waals surface area contributed by atoms with Crippen LogP contribution in [0.1, 0.15) is 29.8 Å². The zero-order valence-electron chi connectivity index (χ0n) is 16.1. The van der Waals surface area contributed by atoms with Crippen LogP contribution in [0.3, 0.4) is 0 Å². The Kier molecular flexibility index (Phi) is 4.98. The van der Waals surface area contributed by atoms with E-state index < -0.39 is 0 Å². The number of aromatic nitrogens is 1. The highest BCUT2D eigenvalue weighted by Gasteiger charge is 2.21. The second-order valence-corrected chi connectivity index (χ2v) is 7.08. The van der Waals surface area contributed by atoms with Gasteiger partial charge < -0.3 is 15.0 Å². The van der Waals surface area contributed by atoms with Crippen LogP contribution in [0.5, 0.6) is 5.75 Å². The molecule has 0 aliphatic carbocycles. The summed E-state index contributed by atoms with van der Waals surface area (Å²) in [5.74, 6) is 0.449. The topological polar surface area (TPSA) is 54.5 Å². The van der Waals surface area contributed by atoms with Crippen molar-refractivity contribution in [3.63, 3.8) is 0 Å². The fourth-order valence-corrected chi connectivity index (χ4v) is 3.43. The van der Waals surface area contributed by atoms with Crippen LogP contribution in [0.15, 0.2) is 67.0 Å².